The minimum Gasteiger partial charge on any atom is -0.462 e. The van der Waals surface area contributed by atoms with E-state index in [1.165, 1.54) is 0 Å². The third-order valence-electron chi connectivity index (χ3n) is 3.30. The molecule has 1 saturated heterocycles. The third-order valence-corrected chi connectivity index (χ3v) is 3.30. The SMILES string of the molecule is CCOC(=O)c1ccc(N2C[C@H](C)N[C@@H](C)C2)cc1. The predicted octanol–water partition coefficient (Wildman–Crippen LogP) is 2.05. The summed E-state index contributed by atoms with van der Waals surface area (Å²) in [5.74, 6) is -0.254. The second-order valence-electron chi connectivity index (χ2n) is 5.14. The average Bonchev–Trinajstić information content (AvgIpc) is 2.38. The lowest BCUT2D eigenvalue weighted by atomic mass is 10.1. The van der Waals surface area contributed by atoms with Gasteiger partial charge >= 0.3 is 5.97 Å². The molecule has 1 heterocycles. The Kier molecular flexibility index (Phi) is 4.43. The van der Waals surface area contributed by atoms with Crippen LogP contribution in [0.3, 0.4) is 0 Å². The first kappa shape index (κ1) is 13.9. The molecule has 0 amide bonds. The number of nitrogens with one attached hydrogen (secondary N) is 1. The molecule has 0 aliphatic carbocycles. The highest BCUT2D eigenvalue weighted by Crippen LogP contribution is 2.18. The molecule has 2 rings (SSSR count). The number of rotatable bonds is 3. The van der Waals surface area contributed by atoms with Gasteiger partial charge in [0.1, 0.15) is 0 Å². The molecule has 4 nitrogen and oxygen atoms in total. The van der Waals surface area contributed by atoms with Gasteiger partial charge in [0.15, 0.2) is 0 Å². The van der Waals surface area contributed by atoms with Crippen LogP contribution in [0.4, 0.5) is 5.69 Å². The van der Waals surface area contributed by atoms with E-state index in [0.29, 0.717) is 24.3 Å². The second kappa shape index (κ2) is 6.06. The maximum atomic E-state index is 11.6. The number of nitrogens with zero attached hydrogens (tertiary/aromatic N) is 1. The molecule has 1 aliphatic heterocycles. The summed E-state index contributed by atoms with van der Waals surface area (Å²) in [5, 5.41) is 3.51. The number of carbonyl (C=O) groups is 1. The number of hydrogen-bond donors (Lipinski definition) is 1. The van der Waals surface area contributed by atoms with Crippen LogP contribution in [-0.2, 0) is 4.74 Å². The van der Waals surface area contributed by atoms with Gasteiger partial charge in [0.25, 0.3) is 0 Å². The highest BCUT2D eigenvalue weighted by molar-refractivity contribution is 5.89. The first-order chi connectivity index (χ1) is 9.10. The number of anilines is 1. The summed E-state index contributed by atoms with van der Waals surface area (Å²) in [5.41, 5.74) is 1.77. The molecule has 1 aromatic rings. The summed E-state index contributed by atoms with van der Waals surface area (Å²) in [6.07, 6.45) is 0. The molecule has 1 aromatic carbocycles. The van der Waals surface area contributed by atoms with Gasteiger partial charge in [-0.25, -0.2) is 4.79 Å². The Bertz CT molecular complexity index is 420. The van der Waals surface area contributed by atoms with Crippen LogP contribution in [0.15, 0.2) is 24.3 Å². The molecular weight excluding hydrogens is 240 g/mol. The van der Waals surface area contributed by atoms with Crippen LogP contribution < -0.4 is 10.2 Å². The standard InChI is InChI=1S/C15H22N2O2/c1-4-19-15(18)13-5-7-14(8-6-13)17-9-11(2)16-12(3)10-17/h5-8,11-12,16H,4,9-10H2,1-3H3/t11-,12-/m0/s1. The topological polar surface area (TPSA) is 41.6 Å². The Balaban J connectivity index is 2.07. The van der Waals surface area contributed by atoms with Crippen molar-refractivity contribution in [2.45, 2.75) is 32.9 Å². The van der Waals surface area contributed by atoms with Crippen LogP contribution in [0.5, 0.6) is 0 Å². The van der Waals surface area contributed by atoms with E-state index in [2.05, 4.69) is 24.1 Å². The van der Waals surface area contributed by atoms with Crippen molar-refractivity contribution in [1.29, 1.82) is 0 Å². The van der Waals surface area contributed by atoms with E-state index < -0.39 is 0 Å². The summed E-state index contributed by atoms with van der Waals surface area (Å²) in [6.45, 7) is 8.58. The van der Waals surface area contributed by atoms with Gasteiger partial charge in [0, 0.05) is 30.9 Å². The molecule has 0 spiro atoms. The van der Waals surface area contributed by atoms with Crippen molar-refractivity contribution in [3.05, 3.63) is 29.8 Å². The lowest BCUT2D eigenvalue weighted by molar-refractivity contribution is 0.0526. The maximum absolute atomic E-state index is 11.6. The van der Waals surface area contributed by atoms with Crippen LogP contribution in [-0.4, -0.2) is 37.7 Å². The molecule has 4 heteroatoms. The second-order valence-corrected chi connectivity index (χ2v) is 5.14. The van der Waals surface area contributed by atoms with E-state index in [0.717, 1.165) is 18.8 Å². The third kappa shape index (κ3) is 3.47. The summed E-state index contributed by atoms with van der Waals surface area (Å²) in [7, 11) is 0. The first-order valence-corrected chi connectivity index (χ1v) is 6.88. The molecule has 2 atom stereocenters. The lowest BCUT2D eigenvalue weighted by Crippen LogP contribution is -2.54. The summed E-state index contributed by atoms with van der Waals surface area (Å²) < 4.78 is 4.98. The highest BCUT2D eigenvalue weighted by atomic mass is 16.5. The van der Waals surface area contributed by atoms with E-state index in [9.17, 15) is 4.79 Å². The Labute approximate surface area is 114 Å². The fraction of sp³-hybridized carbons (Fsp3) is 0.533. The molecule has 104 valence electrons. The molecule has 19 heavy (non-hydrogen) atoms. The van der Waals surface area contributed by atoms with Gasteiger partial charge in [-0.3, -0.25) is 0 Å². The van der Waals surface area contributed by atoms with Crippen LogP contribution in [0.25, 0.3) is 0 Å². The Morgan fingerprint density at radius 3 is 2.37 bits per heavy atom. The minimum atomic E-state index is -0.254. The van der Waals surface area contributed by atoms with E-state index in [1.807, 2.05) is 31.2 Å². The van der Waals surface area contributed by atoms with Crippen molar-refractivity contribution in [3.8, 4) is 0 Å². The number of esters is 1. The number of hydrogen-bond acceptors (Lipinski definition) is 4. The minimum absolute atomic E-state index is 0.254. The predicted molar refractivity (Wildman–Crippen MR) is 76.7 cm³/mol. The van der Waals surface area contributed by atoms with Gasteiger partial charge in [0.2, 0.25) is 0 Å². The smallest absolute Gasteiger partial charge is 0.338 e. The van der Waals surface area contributed by atoms with Crippen molar-refractivity contribution in [2.24, 2.45) is 0 Å². The molecule has 0 radical (unpaired) electrons. The normalized spacial score (nSPS) is 23.2. The van der Waals surface area contributed by atoms with Gasteiger partial charge in [-0.05, 0) is 45.0 Å². The van der Waals surface area contributed by atoms with Gasteiger partial charge in [-0.2, -0.15) is 0 Å². The van der Waals surface area contributed by atoms with Gasteiger partial charge in [0.05, 0.1) is 12.2 Å². The van der Waals surface area contributed by atoms with E-state index in [4.69, 9.17) is 4.74 Å². The Hall–Kier alpha value is -1.55. The van der Waals surface area contributed by atoms with Crippen LogP contribution in [0.2, 0.25) is 0 Å². The Morgan fingerprint density at radius 1 is 1.26 bits per heavy atom. The summed E-state index contributed by atoms with van der Waals surface area (Å²) >= 11 is 0. The highest BCUT2D eigenvalue weighted by Gasteiger charge is 2.21. The lowest BCUT2D eigenvalue weighted by Gasteiger charge is -2.37. The quantitative estimate of drug-likeness (QED) is 0.847. The number of benzene rings is 1. The molecule has 1 N–H and O–H groups in total. The van der Waals surface area contributed by atoms with Crippen molar-refractivity contribution in [3.63, 3.8) is 0 Å². The maximum Gasteiger partial charge on any atom is 0.338 e. The summed E-state index contributed by atoms with van der Waals surface area (Å²) in [6, 6.07) is 8.63. The molecule has 0 aromatic heterocycles. The zero-order chi connectivity index (χ0) is 13.8. The largest absolute Gasteiger partial charge is 0.462 e. The number of carbonyl (C=O) groups excluding carboxylic acids is 1. The molecule has 1 aliphatic rings. The molecule has 0 unspecified atom stereocenters. The van der Waals surface area contributed by atoms with Gasteiger partial charge < -0.3 is 15.0 Å². The number of piperazine rings is 1. The molecule has 0 saturated carbocycles. The van der Waals surface area contributed by atoms with E-state index in [1.54, 1.807) is 0 Å². The fourth-order valence-corrected chi connectivity index (χ4v) is 2.56. The Morgan fingerprint density at radius 2 is 1.84 bits per heavy atom. The van der Waals surface area contributed by atoms with Gasteiger partial charge in [-0.1, -0.05) is 0 Å². The monoisotopic (exact) mass is 262 g/mol. The van der Waals surface area contributed by atoms with Gasteiger partial charge in [-0.15, -0.1) is 0 Å². The van der Waals surface area contributed by atoms with Crippen molar-refractivity contribution >= 4 is 11.7 Å². The molecular formula is C15H22N2O2. The number of ether oxygens (including phenoxy) is 1. The summed E-state index contributed by atoms with van der Waals surface area (Å²) in [4.78, 5) is 13.9. The van der Waals surface area contributed by atoms with Crippen molar-refractivity contribution in [2.75, 3.05) is 24.6 Å². The van der Waals surface area contributed by atoms with Crippen LogP contribution in [0.1, 0.15) is 31.1 Å². The first-order valence-electron chi connectivity index (χ1n) is 6.88. The van der Waals surface area contributed by atoms with Crippen LogP contribution in [0, 0.1) is 0 Å². The van der Waals surface area contributed by atoms with E-state index >= 15 is 0 Å². The van der Waals surface area contributed by atoms with Crippen molar-refractivity contribution < 1.29 is 9.53 Å². The zero-order valence-electron chi connectivity index (χ0n) is 11.8. The van der Waals surface area contributed by atoms with Crippen LogP contribution >= 0.6 is 0 Å². The molecule has 1 fully saturated rings. The average molecular weight is 262 g/mol. The fourth-order valence-electron chi connectivity index (χ4n) is 2.56. The van der Waals surface area contributed by atoms with E-state index in [-0.39, 0.29) is 5.97 Å². The molecule has 0 bridgehead atoms. The zero-order valence-corrected chi connectivity index (χ0v) is 11.8. The van der Waals surface area contributed by atoms with Crippen molar-refractivity contribution in [1.82, 2.24) is 5.32 Å².